The van der Waals surface area contributed by atoms with Crippen LogP contribution in [0.5, 0.6) is 5.75 Å². The number of quaternary nitrogens is 1. The van der Waals surface area contributed by atoms with Crippen LogP contribution in [0.2, 0.25) is 0 Å². The largest absolute Gasteiger partial charge is 0.497 e. The zero-order chi connectivity index (χ0) is 24.0. The van der Waals surface area contributed by atoms with Crippen LogP contribution in [0.15, 0.2) is 53.4 Å². The van der Waals surface area contributed by atoms with Crippen molar-refractivity contribution in [2.24, 2.45) is 0 Å². The van der Waals surface area contributed by atoms with Gasteiger partial charge >= 0.3 is 17.8 Å². The van der Waals surface area contributed by atoms with Gasteiger partial charge in [0.05, 0.1) is 25.2 Å². The van der Waals surface area contributed by atoms with Crippen LogP contribution in [-0.2, 0) is 26.0 Å². The molecule has 2 rings (SSSR count). The van der Waals surface area contributed by atoms with E-state index in [1.165, 1.54) is 38.3 Å². The number of hydrogen-bond acceptors (Lipinski definition) is 5. The van der Waals surface area contributed by atoms with Gasteiger partial charge in [0.25, 0.3) is 0 Å². The first-order chi connectivity index (χ1) is 14.9. The zero-order valence-corrected chi connectivity index (χ0v) is 18.7. The second kappa shape index (κ2) is 10.3. The number of hydrogen-bond donors (Lipinski definition) is 2. The normalized spacial score (nSPS) is 13.9. The van der Waals surface area contributed by atoms with E-state index in [-0.39, 0.29) is 19.6 Å². The van der Waals surface area contributed by atoms with E-state index in [1.54, 1.807) is 35.9 Å². The van der Waals surface area contributed by atoms with Crippen LogP contribution in [0.4, 0.5) is 13.2 Å². The van der Waals surface area contributed by atoms with Gasteiger partial charge in [0.15, 0.2) is 0 Å². The Morgan fingerprint density at radius 3 is 2.16 bits per heavy atom. The number of sulfonamides is 1. The molecule has 0 heterocycles. The molecule has 0 saturated carbocycles. The van der Waals surface area contributed by atoms with Crippen molar-refractivity contribution in [3.63, 3.8) is 0 Å². The Labute approximate surface area is 185 Å². The van der Waals surface area contributed by atoms with Crippen LogP contribution in [-0.4, -0.2) is 46.5 Å². The van der Waals surface area contributed by atoms with Crippen molar-refractivity contribution in [2.75, 3.05) is 20.3 Å². The summed E-state index contributed by atoms with van der Waals surface area (Å²) in [4.78, 5) is 12.1. The minimum absolute atomic E-state index is 0.132. The standard InChI is InChI=1S/C21H25F3N2O5S/c1-4-31-19(27)20(21(22,23)24,25-14-13-16-7-9-17(30-3)10-8-16)26-32(28,29)18-11-5-15(2)6-12-18/h5-12,25-26H,4,13-14H2,1-3H3/p+1/t20-/m0/s1. The maximum absolute atomic E-state index is 14.2. The molecule has 0 unspecified atom stereocenters. The molecule has 0 aliphatic rings. The van der Waals surface area contributed by atoms with Gasteiger partial charge < -0.3 is 14.8 Å². The average Bonchev–Trinajstić information content (AvgIpc) is 2.73. The van der Waals surface area contributed by atoms with Gasteiger partial charge in [-0.2, -0.15) is 13.2 Å². The molecule has 0 radical (unpaired) electrons. The molecule has 0 aliphatic heterocycles. The van der Waals surface area contributed by atoms with Gasteiger partial charge in [0.1, 0.15) is 5.75 Å². The van der Waals surface area contributed by atoms with Gasteiger partial charge in [-0.05, 0) is 43.7 Å². The third kappa shape index (κ3) is 5.99. The van der Waals surface area contributed by atoms with E-state index in [0.717, 1.165) is 5.56 Å². The van der Waals surface area contributed by atoms with Crippen molar-refractivity contribution in [1.82, 2.24) is 4.72 Å². The number of rotatable bonds is 10. The Balaban J connectivity index is 2.36. The highest BCUT2D eigenvalue weighted by Gasteiger charge is 2.68. The third-order valence-corrected chi connectivity index (χ3v) is 6.20. The number of methoxy groups -OCH3 is 1. The second-order valence-electron chi connectivity index (χ2n) is 7.04. The molecule has 0 fully saturated rings. The Kier molecular flexibility index (Phi) is 8.27. The van der Waals surface area contributed by atoms with E-state index in [4.69, 9.17) is 4.74 Å². The highest BCUT2D eigenvalue weighted by Crippen LogP contribution is 2.28. The molecule has 2 aromatic carbocycles. The van der Waals surface area contributed by atoms with Crippen molar-refractivity contribution in [3.05, 3.63) is 59.7 Å². The number of ether oxygens (including phenoxy) is 2. The average molecular weight is 476 g/mol. The zero-order valence-electron chi connectivity index (χ0n) is 17.9. The fourth-order valence-electron chi connectivity index (χ4n) is 2.94. The Hall–Kier alpha value is -2.63. The van der Waals surface area contributed by atoms with Crippen LogP contribution >= 0.6 is 0 Å². The number of carbonyl (C=O) groups is 1. The topological polar surface area (TPSA) is 98.3 Å². The summed E-state index contributed by atoms with van der Waals surface area (Å²) in [7, 11) is -3.22. The number of nitrogens with one attached hydrogen (secondary N) is 1. The lowest BCUT2D eigenvalue weighted by Crippen LogP contribution is -3.07. The van der Waals surface area contributed by atoms with Crippen LogP contribution in [0.25, 0.3) is 0 Å². The molecular formula is C21H26F3N2O5S+. The van der Waals surface area contributed by atoms with E-state index in [1.807, 2.05) is 0 Å². The van der Waals surface area contributed by atoms with Crippen molar-refractivity contribution >= 4 is 16.0 Å². The number of benzene rings is 2. The molecule has 176 valence electrons. The predicted octanol–water partition coefficient (Wildman–Crippen LogP) is 1.91. The number of aryl methyl sites for hydroxylation is 1. The van der Waals surface area contributed by atoms with Gasteiger partial charge in [0.2, 0.25) is 10.0 Å². The molecular weight excluding hydrogens is 449 g/mol. The molecule has 0 aromatic heterocycles. The SMILES string of the molecule is CCOC(=O)[C@@](NS(=O)(=O)c1ccc(C)cc1)([NH2+]CCc1ccc(OC)cc1)C(F)(F)F. The van der Waals surface area contributed by atoms with Crippen LogP contribution in [0, 0.1) is 6.92 Å². The summed E-state index contributed by atoms with van der Waals surface area (Å²) in [5.41, 5.74) is -2.13. The fraction of sp³-hybridized carbons (Fsp3) is 0.381. The van der Waals surface area contributed by atoms with Crippen LogP contribution in [0.3, 0.4) is 0 Å². The van der Waals surface area contributed by atoms with Gasteiger partial charge in [0, 0.05) is 6.42 Å². The van der Waals surface area contributed by atoms with Gasteiger partial charge in [-0.25, -0.2) is 13.2 Å². The van der Waals surface area contributed by atoms with Gasteiger partial charge in [-0.15, -0.1) is 4.72 Å². The summed E-state index contributed by atoms with van der Waals surface area (Å²) < 4.78 is 79.4. The number of halogens is 3. The highest BCUT2D eigenvalue weighted by atomic mass is 32.2. The van der Waals surface area contributed by atoms with Gasteiger partial charge in [-0.3, -0.25) is 0 Å². The van der Waals surface area contributed by atoms with Crippen molar-refractivity contribution < 1.29 is 41.2 Å². The monoisotopic (exact) mass is 475 g/mol. The maximum Gasteiger partial charge on any atom is 0.473 e. The molecule has 32 heavy (non-hydrogen) atoms. The fourth-order valence-corrected chi connectivity index (χ4v) is 4.26. The molecule has 0 bridgehead atoms. The summed E-state index contributed by atoms with van der Waals surface area (Å²) in [5.74, 6) is -1.15. The minimum Gasteiger partial charge on any atom is -0.497 e. The molecule has 0 saturated heterocycles. The second-order valence-corrected chi connectivity index (χ2v) is 8.72. The van der Waals surface area contributed by atoms with Crippen LogP contribution < -0.4 is 14.8 Å². The number of alkyl halides is 3. The quantitative estimate of drug-likeness (QED) is 0.404. The van der Waals surface area contributed by atoms with Crippen LogP contribution in [0.1, 0.15) is 18.1 Å². The van der Waals surface area contributed by atoms with E-state index < -0.39 is 32.7 Å². The molecule has 3 N–H and O–H groups in total. The summed E-state index contributed by atoms with van der Waals surface area (Å²) >= 11 is 0. The van der Waals surface area contributed by atoms with E-state index in [9.17, 15) is 26.4 Å². The lowest BCUT2D eigenvalue weighted by molar-refractivity contribution is -0.742. The first kappa shape index (κ1) is 25.6. The number of esters is 1. The summed E-state index contributed by atoms with van der Waals surface area (Å²) in [6.07, 6.45) is -5.15. The number of nitrogens with two attached hydrogens (primary N) is 1. The lowest BCUT2D eigenvalue weighted by atomic mass is 10.1. The Bertz CT molecular complexity index is 1010. The summed E-state index contributed by atoms with van der Waals surface area (Å²) in [6, 6.07) is 11.9. The molecule has 7 nitrogen and oxygen atoms in total. The lowest BCUT2D eigenvalue weighted by Gasteiger charge is -2.31. The van der Waals surface area contributed by atoms with E-state index >= 15 is 0 Å². The molecule has 0 amide bonds. The Morgan fingerprint density at radius 1 is 1.06 bits per heavy atom. The Morgan fingerprint density at radius 2 is 1.66 bits per heavy atom. The molecule has 1 atom stereocenters. The molecule has 0 spiro atoms. The number of carbonyl (C=O) groups excluding carboxylic acids is 1. The molecule has 2 aromatic rings. The summed E-state index contributed by atoms with van der Waals surface area (Å²) in [5, 5.41) is 0.612. The smallest absolute Gasteiger partial charge is 0.473 e. The predicted molar refractivity (Wildman–Crippen MR) is 110 cm³/mol. The first-order valence-electron chi connectivity index (χ1n) is 9.77. The first-order valence-corrected chi connectivity index (χ1v) is 11.3. The molecule has 0 aliphatic carbocycles. The van der Waals surface area contributed by atoms with Crippen molar-refractivity contribution in [2.45, 2.75) is 37.0 Å². The highest BCUT2D eigenvalue weighted by molar-refractivity contribution is 7.89. The minimum atomic E-state index is -5.28. The summed E-state index contributed by atoms with van der Waals surface area (Å²) in [6.45, 7) is 2.44. The molecule has 11 heteroatoms. The van der Waals surface area contributed by atoms with Crippen molar-refractivity contribution in [1.29, 1.82) is 0 Å². The maximum atomic E-state index is 14.2. The van der Waals surface area contributed by atoms with Gasteiger partial charge in [-0.1, -0.05) is 29.8 Å². The van der Waals surface area contributed by atoms with Crippen molar-refractivity contribution in [3.8, 4) is 5.75 Å². The van der Waals surface area contributed by atoms with E-state index in [0.29, 0.717) is 16.6 Å². The third-order valence-electron chi connectivity index (χ3n) is 4.71. The van der Waals surface area contributed by atoms with E-state index in [2.05, 4.69) is 4.74 Å².